The van der Waals surface area contributed by atoms with Gasteiger partial charge in [0.15, 0.2) is 0 Å². The summed E-state index contributed by atoms with van der Waals surface area (Å²) in [7, 11) is 0. The molecule has 1 nitrogen and oxygen atoms in total. The van der Waals surface area contributed by atoms with Gasteiger partial charge in [0.2, 0.25) is 0 Å². The van der Waals surface area contributed by atoms with E-state index in [-0.39, 0.29) is 17.7 Å². The Morgan fingerprint density at radius 3 is 2.52 bits per heavy atom. The van der Waals surface area contributed by atoms with Gasteiger partial charge in [0.25, 0.3) is 0 Å². The summed E-state index contributed by atoms with van der Waals surface area (Å²) in [5, 5.41) is 3.74. The Balaban J connectivity index is 2.30. The molecule has 0 heterocycles. The summed E-state index contributed by atoms with van der Waals surface area (Å²) < 4.78 is 27.7. The summed E-state index contributed by atoms with van der Waals surface area (Å²) in [5.74, 6) is -0.612. The van der Waals surface area contributed by atoms with Crippen LogP contribution >= 0.6 is 27.5 Å². The van der Waals surface area contributed by atoms with Crippen LogP contribution in [0.4, 0.5) is 8.78 Å². The molecule has 0 aliphatic rings. The van der Waals surface area contributed by atoms with Gasteiger partial charge in [-0.15, -0.1) is 0 Å². The van der Waals surface area contributed by atoms with E-state index in [1.54, 1.807) is 18.2 Å². The van der Waals surface area contributed by atoms with Crippen LogP contribution in [-0.4, -0.2) is 6.54 Å². The lowest BCUT2D eigenvalue weighted by Gasteiger charge is -2.19. The third-order valence-electron chi connectivity index (χ3n) is 3.21. The number of nitrogens with one attached hydrogen (secondary N) is 1. The highest BCUT2D eigenvalue weighted by atomic mass is 79.9. The van der Waals surface area contributed by atoms with E-state index < -0.39 is 0 Å². The molecule has 1 unspecified atom stereocenters. The van der Waals surface area contributed by atoms with Crippen molar-refractivity contribution < 1.29 is 8.78 Å². The van der Waals surface area contributed by atoms with E-state index in [1.807, 2.05) is 6.92 Å². The standard InChI is InChI=1S/C16H15BrClF2N/c1-2-21-16(12-9-11(18)4-6-14(12)19)8-10-3-5-15(20)13(17)7-10/h3-7,9,16,21H,2,8H2,1H3. The predicted octanol–water partition coefficient (Wildman–Crippen LogP) is 5.27. The highest BCUT2D eigenvalue weighted by molar-refractivity contribution is 9.10. The molecule has 0 fully saturated rings. The van der Waals surface area contributed by atoms with Crippen LogP contribution in [0.5, 0.6) is 0 Å². The van der Waals surface area contributed by atoms with E-state index >= 15 is 0 Å². The Kier molecular flexibility index (Phi) is 5.73. The maximum atomic E-state index is 14.0. The van der Waals surface area contributed by atoms with Crippen molar-refractivity contribution in [1.29, 1.82) is 0 Å². The largest absolute Gasteiger partial charge is 0.310 e. The van der Waals surface area contributed by atoms with Gasteiger partial charge in [0.1, 0.15) is 11.6 Å². The Morgan fingerprint density at radius 2 is 1.86 bits per heavy atom. The SMILES string of the molecule is CCNC(Cc1ccc(F)c(Br)c1)c1cc(Cl)ccc1F. The van der Waals surface area contributed by atoms with Crippen LogP contribution in [0.3, 0.4) is 0 Å². The number of halogens is 4. The first kappa shape index (κ1) is 16.4. The summed E-state index contributed by atoms with van der Waals surface area (Å²) in [4.78, 5) is 0. The molecule has 2 aromatic rings. The van der Waals surface area contributed by atoms with Gasteiger partial charge in [-0.1, -0.05) is 24.6 Å². The van der Waals surface area contributed by atoms with Crippen molar-refractivity contribution in [3.8, 4) is 0 Å². The Bertz CT molecular complexity index is 634. The van der Waals surface area contributed by atoms with Crippen molar-refractivity contribution in [1.82, 2.24) is 5.32 Å². The Morgan fingerprint density at radius 1 is 1.14 bits per heavy atom. The molecular weight excluding hydrogens is 360 g/mol. The molecule has 0 radical (unpaired) electrons. The molecule has 21 heavy (non-hydrogen) atoms. The van der Waals surface area contributed by atoms with Crippen molar-refractivity contribution >= 4 is 27.5 Å². The second-order valence-electron chi connectivity index (χ2n) is 4.73. The Labute approximate surface area is 136 Å². The zero-order valence-electron chi connectivity index (χ0n) is 11.5. The molecule has 112 valence electrons. The lowest BCUT2D eigenvalue weighted by molar-refractivity contribution is 0.509. The molecule has 0 aliphatic heterocycles. The van der Waals surface area contributed by atoms with Crippen LogP contribution in [0.1, 0.15) is 24.1 Å². The monoisotopic (exact) mass is 373 g/mol. The molecule has 5 heteroatoms. The maximum absolute atomic E-state index is 14.0. The predicted molar refractivity (Wildman–Crippen MR) is 85.6 cm³/mol. The molecular formula is C16H15BrClF2N. The molecule has 2 rings (SSSR count). The number of likely N-dealkylation sites (N-methyl/N-ethyl adjacent to an activating group) is 1. The maximum Gasteiger partial charge on any atom is 0.137 e. The topological polar surface area (TPSA) is 12.0 Å². The second kappa shape index (κ2) is 7.34. The van der Waals surface area contributed by atoms with Crippen LogP contribution in [0.25, 0.3) is 0 Å². The molecule has 0 spiro atoms. The highest BCUT2D eigenvalue weighted by Gasteiger charge is 2.16. The average molecular weight is 375 g/mol. The van der Waals surface area contributed by atoms with Gasteiger partial charge >= 0.3 is 0 Å². The third-order valence-corrected chi connectivity index (χ3v) is 4.05. The summed E-state index contributed by atoms with van der Waals surface area (Å²) in [6.45, 7) is 2.65. The lowest BCUT2D eigenvalue weighted by Crippen LogP contribution is -2.24. The number of hydrogen-bond donors (Lipinski definition) is 1. The second-order valence-corrected chi connectivity index (χ2v) is 6.02. The normalized spacial score (nSPS) is 12.4. The molecule has 0 bridgehead atoms. The van der Waals surface area contributed by atoms with E-state index in [2.05, 4.69) is 21.2 Å². The molecule has 0 aliphatic carbocycles. The zero-order chi connectivity index (χ0) is 15.4. The quantitative estimate of drug-likeness (QED) is 0.751. The zero-order valence-corrected chi connectivity index (χ0v) is 13.8. The molecule has 1 N–H and O–H groups in total. The van der Waals surface area contributed by atoms with Crippen LogP contribution in [0.2, 0.25) is 5.02 Å². The molecule has 2 aromatic carbocycles. The van der Waals surface area contributed by atoms with Crippen molar-refractivity contribution in [3.63, 3.8) is 0 Å². The lowest BCUT2D eigenvalue weighted by atomic mass is 9.98. The van der Waals surface area contributed by atoms with E-state index in [4.69, 9.17) is 11.6 Å². The molecule has 0 aromatic heterocycles. The minimum absolute atomic E-state index is 0.217. The highest BCUT2D eigenvalue weighted by Crippen LogP contribution is 2.26. The van der Waals surface area contributed by atoms with Crippen LogP contribution in [-0.2, 0) is 6.42 Å². The number of rotatable bonds is 5. The van der Waals surface area contributed by atoms with Gasteiger partial charge in [-0.05, 0) is 64.8 Å². The van der Waals surface area contributed by atoms with Gasteiger partial charge in [0.05, 0.1) is 4.47 Å². The van der Waals surface area contributed by atoms with Gasteiger partial charge < -0.3 is 5.32 Å². The van der Waals surface area contributed by atoms with Crippen molar-refractivity contribution in [2.75, 3.05) is 6.54 Å². The fraction of sp³-hybridized carbons (Fsp3) is 0.250. The van der Waals surface area contributed by atoms with E-state index in [9.17, 15) is 8.78 Å². The Hall–Kier alpha value is -0.970. The molecule has 0 saturated heterocycles. The minimum Gasteiger partial charge on any atom is -0.310 e. The smallest absolute Gasteiger partial charge is 0.137 e. The van der Waals surface area contributed by atoms with E-state index in [0.717, 1.165) is 5.56 Å². The summed E-state index contributed by atoms with van der Waals surface area (Å²) in [6, 6.07) is 9.11. The molecule has 1 atom stereocenters. The van der Waals surface area contributed by atoms with Gasteiger partial charge in [-0.2, -0.15) is 0 Å². The number of hydrogen-bond acceptors (Lipinski definition) is 1. The van der Waals surface area contributed by atoms with Gasteiger partial charge in [0, 0.05) is 16.6 Å². The van der Waals surface area contributed by atoms with E-state index in [1.165, 1.54) is 18.2 Å². The van der Waals surface area contributed by atoms with E-state index in [0.29, 0.717) is 28.0 Å². The first-order chi connectivity index (χ1) is 10.0. The first-order valence-corrected chi connectivity index (χ1v) is 7.80. The number of benzene rings is 2. The minimum atomic E-state index is -0.312. The summed E-state index contributed by atoms with van der Waals surface area (Å²) in [5.41, 5.74) is 1.43. The van der Waals surface area contributed by atoms with Crippen LogP contribution in [0.15, 0.2) is 40.9 Å². The average Bonchev–Trinajstić information content (AvgIpc) is 2.45. The van der Waals surface area contributed by atoms with Crippen molar-refractivity contribution in [2.45, 2.75) is 19.4 Å². The van der Waals surface area contributed by atoms with Crippen LogP contribution in [0, 0.1) is 11.6 Å². The molecule has 0 saturated carbocycles. The summed E-state index contributed by atoms with van der Waals surface area (Å²) in [6.07, 6.45) is 0.546. The van der Waals surface area contributed by atoms with Gasteiger partial charge in [-0.3, -0.25) is 0 Å². The first-order valence-electron chi connectivity index (χ1n) is 6.63. The fourth-order valence-corrected chi connectivity index (χ4v) is 2.83. The van der Waals surface area contributed by atoms with Crippen LogP contribution < -0.4 is 5.32 Å². The fourth-order valence-electron chi connectivity index (χ4n) is 2.22. The van der Waals surface area contributed by atoms with Crippen molar-refractivity contribution in [3.05, 3.63) is 68.7 Å². The van der Waals surface area contributed by atoms with Gasteiger partial charge in [-0.25, -0.2) is 8.78 Å². The summed E-state index contributed by atoms with van der Waals surface area (Å²) >= 11 is 9.13. The third kappa shape index (κ3) is 4.25. The molecule has 0 amide bonds. The van der Waals surface area contributed by atoms with Crippen molar-refractivity contribution in [2.24, 2.45) is 0 Å².